The second-order valence-electron chi connectivity index (χ2n) is 9.46. The molecular weight excluding hydrogens is 476 g/mol. The van der Waals surface area contributed by atoms with Crippen molar-refractivity contribution in [1.29, 1.82) is 0 Å². The molecule has 0 aliphatic heterocycles. The molecule has 8 nitrogen and oxygen atoms in total. The van der Waals surface area contributed by atoms with Crippen molar-refractivity contribution in [2.24, 2.45) is 5.92 Å². The van der Waals surface area contributed by atoms with Gasteiger partial charge in [0.15, 0.2) is 17.1 Å². The van der Waals surface area contributed by atoms with E-state index in [9.17, 15) is 9.59 Å². The zero-order valence-corrected chi connectivity index (χ0v) is 22.4. The van der Waals surface area contributed by atoms with Crippen LogP contribution in [0.3, 0.4) is 0 Å². The highest BCUT2D eigenvalue weighted by molar-refractivity contribution is 8.00. The topological polar surface area (TPSA) is 106 Å². The number of carbonyl (C=O) groups is 2. The van der Waals surface area contributed by atoms with Crippen LogP contribution < -0.4 is 10.1 Å². The Morgan fingerprint density at radius 2 is 1.61 bits per heavy atom. The van der Waals surface area contributed by atoms with Crippen LogP contribution in [0.4, 0.5) is 5.69 Å². The van der Waals surface area contributed by atoms with Crippen LogP contribution in [0.15, 0.2) is 53.7 Å². The molecule has 3 aromatic rings. The molecule has 0 radical (unpaired) electrons. The highest BCUT2D eigenvalue weighted by atomic mass is 32.2. The smallest absolute Gasteiger partial charge is 0.335 e. The Labute approximate surface area is 216 Å². The summed E-state index contributed by atoms with van der Waals surface area (Å²) >= 11 is 1.32. The molecule has 1 heterocycles. The van der Waals surface area contributed by atoms with Gasteiger partial charge in [-0.3, -0.25) is 4.79 Å². The highest BCUT2D eigenvalue weighted by Gasteiger charge is 2.24. The summed E-state index contributed by atoms with van der Waals surface area (Å²) in [5.74, 6) is 1.04. The number of ether oxygens (including phenoxy) is 1. The second-order valence-corrected chi connectivity index (χ2v) is 10.8. The van der Waals surface area contributed by atoms with Gasteiger partial charge < -0.3 is 19.7 Å². The lowest BCUT2D eigenvalue weighted by Crippen LogP contribution is -2.23. The van der Waals surface area contributed by atoms with Crippen LogP contribution in [-0.4, -0.2) is 37.0 Å². The first-order chi connectivity index (χ1) is 17.0. The minimum atomic E-state index is -1.01. The first-order valence-corrected chi connectivity index (χ1v) is 12.9. The van der Waals surface area contributed by atoms with E-state index < -0.39 is 11.2 Å². The molecule has 0 spiro atoms. The highest BCUT2D eigenvalue weighted by Crippen LogP contribution is 2.29. The Bertz CT molecular complexity index is 1170. The van der Waals surface area contributed by atoms with Crippen LogP contribution in [-0.2, 0) is 11.3 Å². The van der Waals surface area contributed by atoms with Gasteiger partial charge >= 0.3 is 5.97 Å². The maximum Gasteiger partial charge on any atom is 0.335 e. The summed E-state index contributed by atoms with van der Waals surface area (Å²) in [5, 5.41) is 20.9. The van der Waals surface area contributed by atoms with Crippen LogP contribution in [0, 0.1) is 5.92 Å². The summed E-state index contributed by atoms with van der Waals surface area (Å²) < 4.78 is 8.20. The average Bonchev–Trinajstić information content (AvgIpc) is 3.21. The Morgan fingerprint density at radius 3 is 2.17 bits per heavy atom. The van der Waals surface area contributed by atoms with Crippen molar-refractivity contribution in [1.82, 2.24) is 14.8 Å². The minimum Gasteiger partial charge on any atom is -0.483 e. The van der Waals surface area contributed by atoms with E-state index in [1.807, 2.05) is 23.6 Å². The SMILES string of the molecule is CC(C)Cn1c(SC(C)C(=O)Nc2ccc(C(=O)O)cc2)nnc1C(C)Oc1ccc(C(C)C)cc1. The molecule has 0 fully saturated rings. The van der Waals surface area contributed by atoms with Gasteiger partial charge in [0, 0.05) is 12.2 Å². The molecule has 2 aromatic carbocycles. The molecule has 0 bridgehead atoms. The summed E-state index contributed by atoms with van der Waals surface area (Å²) in [5.41, 5.74) is 1.95. The number of benzene rings is 2. The van der Waals surface area contributed by atoms with Gasteiger partial charge in [-0.1, -0.05) is 51.6 Å². The fourth-order valence-electron chi connectivity index (χ4n) is 3.56. The van der Waals surface area contributed by atoms with E-state index in [0.717, 1.165) is 5.75 Å². The fourth-order valence-corrected chi connectivity index (χ4v) is 4.43. The van der Waals surface area contributed by atoms with Crippen LogP contribution in [0.1, 0.15) is 75.3 Å². The number of nitrogens with zero attached hydrogens (tertiary/aromatic N) is 3. The van der Waals surface area contributed by atoms with Crippen molar-refractivity contribution in [3.63, 3.8) is 0 Å². The number of nitrogens with one attached hydrogen (secondary N) is 1. The summed E-state index contributed by atoms with van der Waals surface area (Å²) in [6, 6.07) is 14.2. The Morgan fingerprint density at radius 1 is 0.972 bits per heavy atom. The van der Waals surface area contributed by atoms with Gasteiger partial charge in [-0.05, 0) is 67.6 Å². The van der Waals surface area contributed by atoms with Crippen LogP contribution >= 0.6 is 11.8 Å². The van der Waals surface area contributed by atoms with E-state index in [-0.39, 0.29) is 17.6 Å². The van der Waals surface area contributed by atoms with Crippen LogP contribution in [0.2, 0.25) is 0 Å². The summed E-state index contributed by atoms with van der Waals surface area (Å²) in [6.45, 7) is 13.0. The second kappa shape index (κ2) is 12.1. The van der Waals surface area contributed by atoms with Gasteiger partial charge in [-0.15, -0.1) is 10.2 Å². The number of amides is 1. The third-order valence-electron chi connectivity index (χ3n) is 5.57. The van der Waals surface area contributed by atoms with Crippen LogP contribution in [0.25, 0.3) is 0 Å². The fraction of sp³-hybridized carbons (Fsp3) is 0.407. The lowest BCUT2D eigenvalue weighted by atomic mass is 10.0. The number of carboxylic acids is 1. The predicted octanol–water partition coefficient (Wildman–Crippen LogP) is 6.02. The maximum absolute atomic E-state index is 12.8. The van der Waals surface area contributed by atoms with Crippen molar-refractivity contribution in [3.8, 4) is 5.75 Å². The van der Waals surface area contributed by atoms with Gasteiger partial charge in [-0.2, -0.15) is 0 Å². The average molecular weight is 511 g/mol. The zero-order chi connectivity index (χ0) is 26.4. The van der Waals surface area contributed by atoms with E-state index in [0.29, 0.717) is 35.0 Å². The molecule has 1 amide bonds. The number of aromatic nitrogens is 3. The lowest BCUT2D eigenvalue weighted by molar-refractivity contribution is -0.115. The molecule has 0 saturated heterocycles. The maximum atomic E-state index is 12.8. The van der Waals surface area contributed by atoms with Gasteiger partial charge in [0.05, 0.1) is 10.8 Å². The van der Waals surface area contributed by atoms with E-state index in [2.05, 4.69) is 55.3 Å². The number of carbonyl (C=O) groups excluding carboxylic acids is 1. The van der Waals surface area contributed by atoms with Crippen molar-refractivity contribution < 1.29 is 19.4 Å². The lowest BCUT2D eigenvalue weighted by Gasteiger charge is -2.19. The first-order valence-electron chi connectivity index (χ1n) is 12.1. The monoisotopic (exact) mass is 510 g/mol. The summed E-state index contributed by atoms with van der Waals surface area (Å²) in [7, 11) is 0. The van der Waals surface area contributed by atoms with Crippen molar-refractivity contribution in [2.45, 2.75) is 70.5 Å². The first kappa shape index (κ1) is 27.3. The molecule has 2 N–H and O–H groups in total. The van der Waals surface area contributed by atoms with Crippen molar-refractivity contribution >= 4 is 29.3 Å². The minimum absolute atomic E-state index is 0.164. The summed E-state index contributed by atoms with van der Waals surface area (Å²) in [6.07, 6.45) is -0.326. The molecule has 3 rings (SSSR count). The van der Waals surface area contributed by atoms with E-state index in [1.54, 1.807) is 19.1 Å². The number of hydrogen-bond donors (Lipinski definition) is 2. The molecule has 0 aliphatic rings. The van der Waals surface area contributed by atoms with Gasteiger partial charge in [-0.25, -0.2) is 4.79 Å². The molecule has 2 unspecified atom stereocenters. The number of aromatic carboxylic acids is 1. The standard InChI is InChI=1S/C27H34N4O4S/c1-16(2)15-31-24(18(5)35-23-13-9-20(10-14-23)17(3)4)29-30-27(31)36-19(6)25(32)28-22-11-7-21(8-12-22)26(33)34/h7-14,16-19H,15H2,1-6H3,(H,28,32)(H,33,34). The normalized spacial score (nSPS) is 13.0. The van der Waals surface area contributed by atoms with Gasteiger partial charge in [0.1, 0.15) is 5.75 Å². The molecule has 0 aliphatic carbocycles. The quantitative estimate of drug-likeness (QED) is 0.304. The molecule has 192 valence electrons. The van der Waals surface area contributed by atoms with E-state index >= 15 is 0 Å². The van der Waals surface area contributed by atoms with E-state index in [1.165, 1.54) is 29.5 Å². The number of thioether (sulfide) groups is 1. The molecule has 0 saturated carbocycles. The molecular formula is C27H34N4O4S. The van der Waals surface area contributed by atoms with Crippen LogP contribution in [0.5, 0.6) is 5.75 Å². The van der Waals surface area contributed by atoms with E-state index in [4.69, 9.17) is 9.84 Å². The number of hydrogen-bond acceptors (Lipinski definition) is 6. The van der Waals surface area contributed by atoms with Gasteiger partial charge in [0.2, 0.25) is 5.91 Å². The number of rotatable bonds is 11. The molecule has 1 aromatic heterocycles. The molecule has 36 heavy (non-hydrogen) atoms. The molecule has 9 heteroatoms. The number of carboxylic acid groups (broad SMARTS) is 1. The third kappa shape index (κ3) is 7.10. The summed E-state index contributed by atoms with van der Waals surface area (Å²) in [4.78, 5) is 23.8. The van der Waals surface area contributed by atoms with Crippen molar-refractivity contribution in [3.05, 3.63) is 65.5 Å². The Kier molecular flexibility index (Phi) is 9.14. The predicted molar refractivity (Wildman–Crippen MR) is 142 cm³/mol. The Hall–Kier alpha value is -3.33. The largest absolute Gasteiger partial charge is 0.483 e. The molecule has 2 atom stereocenters. The zero-order valence-electron chi connectivity index (χ0n) is 21.6. The number of anilines is 1. The Balaban J connectivity index is 1.72. The third-order valence-corrected chi connectivity index (χ3v) is 6.65. The van der Waals surface area contributed by atoms with Crippen molar-refractivity contribution in [2.75, 3.05) is 5.32 Å². The van der Waals surface area contributed by atoms with Gasteiger partial charge in [0.25, 0.3) is 0 Å².